The first-order chi connectivity index (χ1) is 17.1. The van der Waals surface area contributed by atoms with Crippen LogP contribution in [0.15, 0.2) is 42.5 Å². The molecule has 2 aromatic carbocycles. The van der Waals surface area contributed by atoms with E-state index in [1.165, 1.54) is 4.90 Å². The van der Waals surface area contributed by atoms with E-state index >= 15 is 0 Å². The van der Waals surface area contributed by atoms with E-state index in [9.17, 15) is 19.6 Å². The molecular formula is C28H30N4O4. The molecule has 2 fully saturated rings. The van der Waals surface area contributed by atoms with E-state index < -0.39 is 23.8 Å². The van der Waals surface area contributed by atoms with Gasteiger partial charge in [0.05, 0.1) is 6.07 Å². The van der Waals surface area contributed by atoms with Crippen molar-refractivity contribution in [2.24, 2.45) is 5.92 Å². The van der Waals surface area contributed by atoms with Crippen LogP contribution in [0.25, 0.3) is 11.1 Å². The first-order valence-corrected chi connectivity index (χ1v) is 12.4. The molecule has 3 amide bonds. The van der Waals surface area contributed by atoms with E-state index in [2.05, 4.69) is 16.7 Å². The summed E-state index contributed by atoms with van der Waals surface area (Å²) in [5.74, 6) is -0.208. The summed E-state index contributed by atoms with van der Waals surface area (Å²) >= 11 is 0. The Hall–Kier alpha value is -3.86. The van der Waals surface area contributed by atoms with E-state index in [0.29, 0.717) is 18.5 Å². The highest BCUT2D eigenvalue weighted by atomic mass is 16.6. The van der Waals surface area contributed by atoms with Crippen molar-refractivity contribution in [2.45, 2.75) is 70.3 Å². The molecule has 4 atom stereocenters. The summed E-state index contributed by atoms with van der Waals surface area (Å²) < 4.78 is 5.50. The number of amides is 3. The fourth-order valence-electron chi connectivity index (χ4n) is 5.28. The molecule has 2 aromatic rings. The summed E-state index contributed by atoms with van der Waals surface area (Å²) in [5, 5.41) is 15.4. The summed E-state index contributed by atoms with van der Waals surface area (Å²) in [4.78, 5) is 39.0. The minimum atomic E-state index is -0.708. The molecule has 5 rings (SSSR count). The Morgan fingerprint density at radius 2 is 1.89 bits per heavy atom. The zero-order valence-electron chi connectivity index (χ0n) is 20.7. The third kappa shape index (κ3) is 4.41. The summed E-state index contributed by atoms with van der Waals surface area (Å²) in [7, 11) is 0. The lowest BCUT2D eigenvalue weighted by Crippen LogP contribution is -2.75. The van der Waals surface area contributed by atoms with Crippen LogP contribution < -0.4 is 10.6 Å². The van der Waals surface area contributed by atoms with Gasteiger partial charge in [-0.15, -0.1) is 0 Å². The van der Waals surface area contributed by atoms with Crippen molar-refractivity contribution in [3.63, 3.8) is 0 Å². The Labute approximate surface area is 210 Å². The van der Waals surface area contributed by atoms with Gasteiger partial charge in [-0.1, -0.05) is 30.3 Å². The molecule has 8 heteroatoms. The quantitative estimate of drug-likeness (QED) is 0.671. The van der Waals surface area contributed by atoms with Gasteiger partial charge in [0.1, 0.15) is 17.7 Å². The molecule has 1 aliphatic carbocycles. The van der Waals surface area contributed by atoms with Gasteiger partial charge < -0.3 is 15.4 Å². The molecule has 2 N–H and O–H groups in total. The van der Waals surface area contributed by atoms with Gasteiger partial charge in [0.25, 0.3) is 5.91 Å². The number of likely N-dealkylation sites (tertiary alicyclic amines) is 1. The Bertz CT molecular complexity index is 1260. The number of fused-ring (bicyclic) bond motifs is 2. The van der Waals surface area contributed by atoms with E-state index in [1.54, 1.807) is 20.8 Å². The van der Waals surface area contributed by atoms with Crippen LogP contribution in [0, 0.1) is 17.2 Å². The highest BCUT2D eigenvalue weighted by Gasteiger charge is 2.60. The first kappa shape index (κ1) is 23.9. The van der Waals surface area contributed by atoms with Gasteiger partial charge in [0.2, 0.25) is 5.91 Å². The zero-order chi connectivity index (χ0) is 25.6. The van der Waals surface area contributed by atoms with Gasteiger partial charge in [-0.05, 0) is 68.0 Å². The number of carbonyl (C=O) groups excluding carboxylic acids is 3. The largest absolute Gasteiger partial charge is 0.444 e. The van der Waals surface area contributed by atoms with Crippen molar-refractivity contribution in [1.29, 1.82) is 5.26 Å². The number of benzene rings is 2. The average molecular weight is 487 g/mol. The third-order valence-electron chi connectivity index (χ3n) is 7.21. The normalized spacial score (nSPS) is 22.7. The minimum absolute atomic E-state index is 0.0413. The number of nitrogens with one attached hydrogen (secondary N) is 2. The maximum Gasteiger partial charge on any atom is 0.411 e. The fourth-order valence-corrected chi connectivity index (χ4v) is 5.28. The van der Waals surface area contributed by atoms with Crippen LogP contribution in [-0.2, 0) is 22.5 Å². The number of ether oxygens (including phenoxy) is 1. The Morgan fingerprint density at radius 3 is 2.53 bits per heavy atom. The number of piperidine rings is 1. The Kier molecular flexibility index (Phi) is 5.95. The molecule has 3 aliphatic rings. The van der Waals surface area contributed by atoms with Crippen molar-refractivity contribution in [2.75, 3.05) is 0 Å². The average Bonchev–Trinajstić information content (AvgIpc) is 3.19. The summed E-state index contributed by atoms with van der Waals surface area (Å²) in [6, 6.07) is 14.6. The second kappa shape index (κ2) is 8.98. The summed E-state index contributed by atoms with van der Waals surface area (Å²) in [5.41, 5.74) is 4.01. The van der Waals surface area contributed by atoms with Crippen LogP contribution in [0.4, 0.5) is 4.79 Å². The van der Waals surface area contributed by atoms with E-state index in [1.807, 2.05) is 42.5 Å². The summed E-state index contributed by atoms with van der Waals surface area (Å²) in [6.07, 6.45) is 1.66. The molecule has 0 spiro atoms. The van der Waals surface area contributed by atoms with Crippen molar-refractivity contribution in [1.82, 2.24) is 15.5 Å². The second-order valence-corrected chi connectivity index (χ2v) is 10.8. The molecule has 1 saturated heterocycles. The van der Waals surface area contributed by atoms with Crippen LogP contribution in [0.3, 0.4) is 0 Å². The SMILES string of the molecule is CC(C)(C)OC(=O)N1[C@@H]2CCC2[C@H]1C(=O)N[C@H](C#N)Cc1ccc(-c2ccc3c(c2)CNC3=O)cc1. The number of hydrogen-bond donors (Lipinski definition) is 2. The van der Waals surface area contributed by atoms with Gasteiger partial charge in [0, 0.05) is 30.5 Å². The van der Waals surface area contributed by atoms with Gasteiger partial charge in [-0.25, -0.2) is 4.79 Å². The lowest BCUT2D eigenvalue weighted by Gasteiger charge is -2.60. The molecule has 1 saturated carbocycles. The standard InChI is InChI=1S/C28H30N4O4/c1-28(2,3)36-27(35)32-23-11-10-22(23)24(32)26(34)31-20(14-29)12-16-4-6-17(7-5-16)18-8-9-21-19(13-18)15-30-25(21)33/h4-9,13,20,22-24H,10-12,15H2,1-3H3,(H,30,33)(H,31,34)/t20-,22?,23+,24-/m0/s1. The monoisotopic (exact) mass is 486 g/mol. The molecule has 8 nitrogen and oxygen atoms in total. The highest BCUT2D eigenvalue weighted by Crippen LogP contribution is 2.47. The lowest BCUT2D eigenvalue weighted by molar-refractivity contribution is -0.155. The van der Waals surface area contributed by atoms with Crippen LogP contribution >= 0.6 is 0 Å². The second-order valence-electron chi connectivity index (χ2n) is 10.8. The summed E-state index contributed by atoms with van der Waals surface area (Å²) in [6.45, 7) is 5.95. The Balaban J connectivity index is 1.22. The first-order valence-electron chi connectivity index (χ1n) is 12.4. The topological polar surface area (TPSA) is 112 Å². The van der Waals surface area contributed by atoms with E-state index in [4.69, 9.17) is 4.74 Å². The minimum Gasteiger partial charge on any atom is -0.444 e. The predicted octanol–water partition coefficient (Wildman–Crippen LogP) is 3.55. The molecule has 0 aromatic heterocycles. The third-order valence-corrected chi connectivity index (χ3v) is 7.21. The van der Waals surface area contributed by atoms with Crippen molar-refractivity contribution < 1.29 is 19.1 Å². The zero-order valence-corrected chi connectivity index (χ0v) is 20.7. The number of rotatable bonds is 5. The van der Waals surface area contributed by atoms with Crippen molar-refractivity contribution >= 4 is 17.9 Å². The molecule has 186 valence electrons. The van der Waals surface area contributed by atoms with E-state index in [0.717, 1.165) is 35.1 Å². The van der Waals surface area contributed by atoms with Crippen molar-refractivity contribution in [3.05, 3.63) is 59.2 Å². The highest BCUT2D eigenvalue weighted by molar-refractivity contribution is 5.98. The maximum absolute atomic E-state index is 13.1. The van der Waals surface area contributed by atoms with Crippen LogP contribution in [-0.4, -0.2) is 46.5 Å². The van der Waals surface area contributed by atoms with Gasteiger partial charge in [-0.2, -0.15) is 5.26 Å². The Morgan fingerprint density at radius 1 is 1.17 bits per heavy atom. The smallest absolute Gasteiger partial charge is 0.411 e. The molecule has 2 heterocycles. The molecule has 1 unspecified atom stereocenters. The van der Waals surface area contributed by atoms with Gasteiger partial charge in [-0.3, -0.25) is 14.5 Å². The van der Waals surface area contributed by atoms with E-state index in [-0.39, 0.29) is 23.8 Å². The molecule has 36 heavy (non-hydrogen) atoms. The van der Waals surface area contributed by atoms with Crippen molar-refractivity contribution in [3.8, 4) is 17.2 Å². The molecule has 0 bridgehead atoms. The molecular weight excluding hydrogens is 456 g/mol. The molecule has 2 aliphatic heterocycles. The fraction of sp³-hybridized carbons (Fsp3) is 0.429. The maximum atomic E-state index is 13.1. The number of carbonyl (C=O) groups is 3. The van der Waals surface area contributed by atoms with Crippen LogP contribution in [0.1, 0.15) is 55.1 Å². The predicted molar refractivity (Wildman–Crippen MR) is 133 cm³/mol. The van der Waals surface area contributed by atoms with Gasteiger partial charge in [0.15, 0.2) is 0 Å². The van der Waals surface area contributed by atoms with Crippen LogP contribution in [0.2, 0.25) is 0 Å². The number of nitrogens with zero attached hydrogens (tertiary/aromatic N) is 2. The molecule has 0 radical (unpaired) electrons. The van der Waals surface area contributed by atoms with Crippen LogP contribution in [0.5, 0.6) is 0 Å². The van der Waals surface area contributed by atoms with Gasteiger partial charge >= 0.3 is 6.09 Å². The lowest BCUT2D eigenvalue weighted by atomic mass is 9.65. The number of nitriles is 1. The number of hydrogen-bond acceptors (Lipinski definition) is 5.